The molecule has 4 nitrogen and oxygen atoms in total. The van der Waals surface area contributed by atoms with Crippen molar-refractivity contribution in [3.63, 3.8) is 0 Å². The second-order valence-electron chi connectivity index (χ2n) is 8.68. The third kappa shape index (κ3) is 4.17. The van der Waals surface area contributed by atoms with Crippen LogP contribution >= 0.6 is 0 Å². The smallest absolute Gasteiger partial charge is 0.333 e. The summed E-state index contributed by atoms with van der Waals surface area (Å²) in [5.74, 6) is -2.51. The highest BCUT2D eigenvalue weighted by molar-refractivity contribution is 6.01. The van der Waals surface area contributed by atoms with Crippen LogP contribution in [0.4, 0.5) is 8.78 Å². The summed E-state index contributed by atoms with van der Waals surface area (Å²) >= 11 is 0. The summed E-state index contributed by atoms with van der Waals surface area (Å²) in [4.78, 5) is 6.35. The first-order valence-electron chi connectivity index (χ1n) is 10.9. The van der Waals surface area contributed by atoms with Gasteiger partial charge in [-0.15, -0.1) is 0 Å². The predicted octanol–water partition coefficient (Wildman–Crippen LogP) is 6.16. The van der Waals surface area contributed by atoms with Gasteiger partial charge in [0.2, 0.25) is 0 Å². The second-order valence-corrected chi connectivity index (χ2v) is 8.68. The zero-order chi connectivity index (χ0) is 21.2. The maximum Gasteiger partial charge on any atom is 0.333 e. The van der Waals surface area contributed by atoms with E-state index >= 15 is 8.78 Å². The summed E-state index contributed by atoms with van der Waals surface area (Å²) in [6.07, 6.45) is 9.53. The average Bonchev–Trinajstić information content (AvgIpc) is 3.44. The number of hydrogen-bond acceptors (Lipinski definition) is 3. The van der Waals surface area contributed by atoms with Crippen LogP contribution < -0.4 is 0 Å². The van der Waals surface area contributed by atoms with Crippen molar-refractivity contribution in [2.45, 2.75) is 84.1 Å². The Bertz CT molecular complexity index is 781. The molecule has 0 atom stereocenters. The number of H-pyrrole nitrogens is 1. The fraction of sp³-hybridized carbons (Fsp3) is 0.652. The molecular weight excluding hydrogens is 370 g/mol. The van der Waals surface area contributed by atoms with E-state index in [4.69, 9.17) is 0 Å². The molecule has 6 heteroatoms. The molecule has 2 saturated heterocycles. The van der Waals surface area contributed by atoms with E-state index in [1.165, 1.54) is 12.1 Å². The number of fused-ring (bicyclic) bond motifs is 1. The van der Waals surface area contributed by atoms with Crippen molar-refractivity contribution < 1.29 is 8.78 Å². The molecule has 2 saturated carbocycles. The molecule has 5 rings (SSSR count). The third-order valence-electron chi connectivity index (χ3n) is 6.39. The van der Waals surface area contributed by atoms with E-state index in [1.54, 1.807) is 13.0 Å². The van der Waals surface area contributed by atoms with Crippen LogP contribution in [-0.2, 0) is 5.92 Å². The number of nitrogens with zero attached hydrogens (tertiary/aromatic N) is 3. The van der Waals surface area contributed by atoms with Gasteiger partial charge in [0.05, 0.1) is 0 Å². The second kappa shape index (κ2) is 8.41. The first kappa shape index (κ1) is 21.7. The van der Waals surface area contributed by atoms with E-state index < -0.39 is 5.92 Å². The van der Waals surface area contributed by atoms with Crippen LogP contribution in [0.25, 0.3) is 0 Å². The van der Waals surface area contributed by atoms with Crippen molar-refractivity contribution in [2.75, 3.05) is 6.54 Å². The maximum atomic E-state index is 15.2. The first-order chi connectivity index (χ1) is 13.8. The Kier molecular flexibility index (Phi) is 6.30. The molecule has 2 aliphatic heterocycles. The SMILES string of the molecule is C=C(/N=C(\C=C/C)C(F)(F)c1cc(C2CCCC2)[nH]n1)N1CC2(C)CC1C2.CC. The van der Waals surface area contributed by atoms with Crippen LogP contribution in [0.15, 0.2) is 35.6 Å². The number of hydrogen-bond donors (Lipinski definition) is 1. The minimum absolute atomic E-state index is 0.258. The van der Waals surface area contributed by atoms with E-state index in [1.807, 2.05) is 13.8 Å². The topological polar surface area (TPSA) is 44.3 Å². The Balaban J connectivity index is 0.00000117. The van der Waals surface area contributed by atoms with Crippen LogP contribution in [0.2, 0.25) is 0 Å². The van der Waals surface area contributed by atoms with Crippen molar-refractivity contribution in [1.82, 2.24) is 15.1 Å². The molecule has 160 valence electrons. The molecule has 3 heterocycles. The molecule has 0 spiro atoms. The lowest BCUT2D eigenvalue weighted by Crippen LogP contribution is -2.32. The molecule has 29 heavy (non-hydrogen) atoms. The van der Waals surface area contributed by atoms with Gasteiger partial charge in [0.25, 0.3) is 0 Å². The van der Waals surface area contributed by atoms with Gasteiger partial charge < -0.3 is 4.90 Å². The van der Waals surface area contributed by atoms with Crippen LogP contribution in [0.1, 0.15) is 83.5 Å². The number of aromatic amines is 1. The highest BCUT2D eigenvalue weighted by Gasteiger charge is 2.52. The zero-order valence-corrected chi connectivity index (χ0v) is 18.1. The lowest BCUT2D eigenvalue weighted by molar-refractivity contribution is 0.0716. The Labute approximate surface area is 173 Å². The highest BCUT2D eigenvalue weighted by atomic mass is 19.3. The number of aliphatic imine (C=N–C) groups is 1. The van der Waals surface area contributed by atoms with Crippen LogP contribution in [0, 0.1) is 5.41 Å². The predicted molar refractivity (Wildman–Crippen MR) is 114 cm³/mol. The number of rotatable bonds is 6. The van der Waals surface area contributed by atoms with Gasteiger partial charge in [-0.1, -0.05) is 46.3 Å². The number of alkyl halides is 2. The van der Waals surface area contributed by atoms with Gasteiger partial charge >= 0.3 is 5.92 Å². The van der Waals surface area contributed by atoms with Gasteiger partial charge in [0.15, 0.2) is 0 Å². The minimum Gasteiger partial charge on any atom is -0.354 e. The Morgan fingerprint density at radius 2 is 2.00 bits per heavy atom. The quantitative estimate of drug-likeness (QED) is 0.577. The summed E-state index contributed by atoms with van der Waals surface area (Å²) in [7, 11) is 0. The fourth-order valence-electron chi connectivity index (χ4n) is 4.92. The lowest BCUT2D eigenvalue weighted by atomic mass is 9.72. The number of aromatic nitrogens is 2. The van der Waals surface area contributed by atoms with Crippen molar-refractivity contribution in [1.29, 1.82) is 0 Å². The van der Waals surface area contributed by atoms with Crippen molar-refractivity contribution in [3.8, 4) is 0 Å². The van der Waals surface area contributed by atoms with Gasteiger partial charge in [-0.2, -0.15) is 13.9 Å². The fourth-order valence-corrected chi connectivity index (χ4v) is 4.92. The minimum atomic E-state index is -3.25. The molecule has 0 unspecified atom stereocenters. The molecule has 2 aliphatic carbocycles. The van der Waals surface area contributed by atoms with E-state index in [-0.39, 0.29) is 11.4 Å². The molecule has 0 amide bonds. The molecule has 1 N–H and O–H groups in total. The van der Waals surface area contributed by atoms with Crippen LogP contribution in [0.3, 0.4) is 0 Å². The number of allylic oxidation sites excluding steroid dienone is 2. The maximum absolute atomic E-state index is 15.2. The molecule has 2 bridgehead atoms. The van der Waals surface area contributed by atoms with E-state index in [0.717, 1.165) is 50.8 Å². The first-order valence-corrected chi connectivity index (χ1v) is 10.9. The molecule has 4 fully saturated rings. The van der Waals surface area contributed by atoms with Gasteiger partial charge in [-0.05, 0) is 50.2 Å². The van der Waals surface area contributed by atoms with Gasteiger partial charge in [0.1, 0.15) is 17.2 Å². The monoisotopic (exact) mass is 404 g/mol. The summed E-state index contributed by atoms with van der Waals surface area (Å²) in [6, 6.07) is 1.91. The standard InChI is InChI=1S/C21H28F2N4.C2H6/c1-4-7-18(24-14(2)27-13-20(3)11-16(27)12-20)21(22,23)19-10-17(25-26-19)15-8-5-6-9-15;1-2/h4,7,10,15-16H,2,5-6,8-9,11-13H2,1,3H3,(H,25,26);1-2H3/b7-4-,24-18+;. The number of halogens is 2. The normalized spacial score (nSPS) is 27.2. The Morgan fingerprint density at radius 3 is 2.55 bits per heavy atom. The molecule has 1 aromatic rings. The Morgan fingerprint density at radius 1 is 1.34 bits per heavy atom. The zero-order valence-electron chi connectivity index (χ0n) is 18.1. The summed E-state index contributed by atoms with van der Waals surface area (Å²) in [5.41, 5.74) is 0.555. The summed E-state index contributed by atoms with van der Waals surface area (Å²) < 4.78 is 30.4. The summed E-state index contributed by atoms with van der Waals surface area (Å²) in [6.45, 7) is 12.8. The van der Waals surface area contributed by atoms with Crippen molar-refractivity contribution >= 4 is 5.71 Å². The van der Waals surface area contributed by atoms with Crippen LogP contribution in [-0.4, -0.2) is 33.4 Å². The van der Waals surface area contributed by atoms with E-state index in [9.17, 15) is 0 Å². The molecule has 0 radical (unpaired) electrons. The lowest BCUT2D eigenvalue weighted by Gasteiger charge is -2.33. The Hall–Kier alpha value is -1.98. The van der Waals surface area contributed by atoms with Crippen LogP contribution in [0.5, 0.6) is 0 Å². The summed E-state index contributed by atoms with van der Waals surface area (Å²) in [5, 5.41) is 6.78. The van der Waals surface area contributed by atoms with Crippen molar-refractivity contribution in [3.05, 3.63) is 42.0 Å². The van der Waals surface area contributed by atoms with Gasteiger partial charge in [-0.25, -0.2) is 4.99 Å². The third-order valence-corrected chi connectivity index (χ3v) is 6.39. The van der Waals surface area contributed by atoms with Crippen molar-refractivity contribution in [2.24, 2.45) is 10.4 Å². The largest absolute Gasteiger partial charge is 0.354 e. The molecule has 0 aromatic carbocycles. The van der Waals surface area contributed by atoms with Gasteiger partial charge in [-0.3, -0.25) is 5.10 Å². The average molecular weight is 405 g/mol. The van der Waals surface area contributed by atoms with E-state index in [2.05, 4.69) is 33.6 Å². The molecular formula is C23H34F2N4. The van der Waals surface area contributed by atoms with E-state index in [0.29, 0.717) is 23.2 Å². The number of nitrogens with one attached hydrogen (secondary N) is 1. The highest BCUT2D eigenvalue weighted by Crippen LogP contribution is 2.52. The molecule has 4 aliphatic rings. The molecule has 1 aromatic heterocycles. The van der Waals surface area contributed by atoms with Gasteiger partial charge in [0, 0.05) is 24.2 Å².